The number of amides is 1. The van der Waals surface area contributed by atoms with Crippen LogP contribution in [0.1, 0.15) is 10.4 Å². The maximum absolute atomic E-state index is 12.8. The number of anilines is 2. The number of rotatable bonds is 8. The van der Waals surface area contributed by atoms with E-state index in [0.29, 0.717) is 13.2 Å². The number of hydrogen-bond donors (Lipinski definition) is 1. The largest absolute Gasteiger partial charge is 0.465 e. The molecular weight excluding hydrogens is 522 g/mol. The lowest BCUT2D eigenvalue weighted by atomic mass is 10.2. The Balaban J connectivity index is 1.80. The summed E-state index contributed by atoms with van der Waals surface area (Å²) in [6.45, 7) is 0.410. The third-order valence-corrected chi connectivity index (χ3v) is 8.46. The van der Waals surface area contributed by atoms with E-state index in [4.69, 9.17) is 16.3 Å². The fraction of sp³-hybridized carbons (Fsp3) is 0.333. The lowest BCUT2D eigenvalue weighted by Gasteiger charge is -2.26. The minimum Gasteiger partial charge on any atom is -0.465 e. The van der Waals surface area contributed by atoms with Crippen LogP contribution in [0.4, 0.5) is 11.4 Å². The number of esters is 1. The highest BCUT2D eigenvalue weighted by Crippen LogP contribution is 2.25. The lowest BCUT2D eigenvalue weighted by Crippen LogP contribution is -2.40. The van der Waals surface area contributed by atoms with Gasteiger partial charge in [0.2, 0.25) is 26.0 Å². The van der Waals surface area contributed by atoms with E-state index in [-0.39, 0.29) is 39.9 Å². The minimum atomic E-state index is -3.92. The fourth-order valence-electron chi connectivity index (χ4n) is 3.31. The van der Waals surface area contributed by atoms with E-state index in [9.17, 15) is 26.4 Å². The number of nitrogens with zero attached hydrogens (tertiary/aromatic N) is 2. The number of sulfonamides is 2. The summed E-state index contributed by atoms with van der Waals surface area (Å²) < 4.78 is 62.4. The summed E-state index contributed by atoms with van der Waals surface area (Å²) in [5.74, 6) is -1.37. The van der Waals surface area contributed by atoms with Crippen LogP contribution in [0, 0.1) is 0 Å². The predicted octanol–water partition coefficient (Wildman–Crippen LogP) is 1.55. The van der Waals surface area contributed by atoms with Gasteiger partial charge in [0.15, 0.2) is 0 Å². The van der Waals surface area contributed by atoms with Crippen LogP contribution in [0.5, 0.6) is 0 Å². The molecule has 2 aromatic rings. The Labute approximate surface area is 208 Å². The van der Waals surface area contributed by atoms with E-state index in [2.05, 4.69) is 10.1 Å². The number of methoxy groups -OCH3 is 1. The van der Waals surface area contributed by atoms with E-state index in [1.165, 1.54) is 53.9 Å². The van der Waals surface area contributed by atoms with Crippen molar-refractivity contribution in [2.24, 2.45) is 0 Å². The Kier molecular flexibility index (Phi) is 8.38. The molecule has 1 saturated heterocycles. The highest BCUT2D eigenvalue weighted by molar-refractivity contribution is 7.92. The first-order chi connectivity index (χ1) is 16.4. The zero-order valence-electron chi connectivity index (χ0n) is 18.9. The first-order valence-electron chi connectivity index (χ1n) is 10.3. The van der Waals surface area contributed by atoms with Crippen LogP contribution in [0.25, 0.3) is 0 Å². The second-order valence-corrected chi connectivity index (χ2v) is 11.8. The summed E-state index contributed by atoms with van der Waals surface area (Å²) in [4.78, 5) is 24.4. The highest BCUT2D eigenvalue weighted by atomic mass is 35.5. The average Bonchev–Trinajstić information content (AvgIpc) is 2.83. The maximum atomic E-state index is 12.8. The molecule has 0 aliphatic carbocycles. The molecule has 11 nitrogen and oxygen atoms in total. The standard InChI is InChI=1S/C21H24ClN3O8S2/c1-32-21(27)15-3-8-18(22)19(13-15)23-20(26)14-25(34(2,28)29)16-4-6-17(7-5-16)35(30,31)24-9-11-33-12-10-24/h3-8,13H,9-12,14H2,1-2H3,(H,23,26). The van der Waals surface area contributed by atoms with Crippen LogP contribution in [0.15, 0.2) is 47.4 Å². The summed E-state index contributed by atoms with van der Waals surface area (Å²) in [5, 5.41) is 2.62. The van der Waals surface area contributed by atoms with Crippen LogP contribution < -0.4 is 9.62 Å². The van der Waals surface area contributed by atoms with Gasteiger partial charge in [-0.1, -0.05) is 11.6 Å². The Morgan fingerprint density at radius 3 is 2.29 bits per heavy atom. The minimum absolute atomic E-state index is 0.00698. The van der Waals surface area contributed by atoms with Crippen LogP contribution in [-0.2, 0) is 34.3 Å². The monoisotopic (exact) mass is 545 g/mol. The summed E-state index contributed by atoms with van der Waals surface area (Å²) >= 11 is 6.09. The molecule has 14 heteroatoms. The Bertz CT molecular complexity index is 1310. The van der Waals surface area contributed by atoms with Crippen molar-refractivity contribution in [1.82, 2.24) is 4.31 Å². The molecule has 190 valence electrons. The van der Waals surface area contributed by atoms with E-state index >= 15 is 0 Å². The molecule has 1 amide bonds. The molecule has 1 aliphatic rings. The third-order valence-electron chi connectivity index (χ3n) is 5.08. The van der Waals surface area contributed by atoms with Crippen molar-refractivity contribution >= 4 is 54.9 Å². The number of carbonyl (C=O) groups is 2. The molecule has 0 aromatic heterocycles. The number of carbonyl (C=O) groups excluding carboxylic acids is 2. The fourth-order valence-corrected chi connectivity index (χ4v) is 5.74. The molecular formula is C21H24ClN3O8S2. The topological polar surface area (TPSA) is 139 Å². The Morgan fingerprint density at radius 2 is 1.71 bits per heavy atom. The number of morpholine rings is 1. The lowest BCUT2D eigenvalue weighted by molar-refractivity contribution is -0.114. The number of hydrogen-bond acceptors (Lipinski definition) is 8. The van der Waals surface area contributed by atoms with Crippen LogP contribution in [-0.4, -0.2) is 79.2 Å². The van der Waals surface area contributed by atoms with Crippen molar-refractivity contribution in [3.63, 3.8) is 0 Å². The molecule has 3 rings (SSSR count). The van der Waals surface area contributed by atoms with Gasteiger partial charge in [-0.25, -0.2) is 21.6 Å². The van der Waals surface area contributed by atoms with E-state index in [1.807, 2.05) is 0 Å². The zero-order chi connectivity index (χ0) is 25.8. The van der Waals surface area contributed by atoms with Gasteiger partial charge in [0.05, 0.1) is 53.4 Å². The van der Waals surface area contributed by atoms with Gasteiger partial charge in [0.1, 0.15) is 6.54 Å². The second-order valence-electron chi connectivity index (χ2n) is 7.51. The molecule has 2 aromatic carbocycles. The van der Waals surface area contributed by atoms with Gasteiger partial charge in [-0.3, -0.25) is 9.10 Å². The summed E-state index contributed by atoms with van der Waals surface area (Å²) in [7, 11) is -6.48. The Hall–Kier alpha value is -2.71. The average molecular weight is 546 g/mol. The van der Waals surface area contributed by atoms with Crippen molar-refractivity contribution in [3.05, 3.63) is 53.1 Å². The van der Waals surface area contributed by atoms with Crippen LogP contribution in [0.3, 0.4) is 0 Å². The molecule has 35 heavy (non-hydrogen) atoms. The van der Waals surface area contributed by atoms with Gasteiger partial charge in [0.25, 0.3) is 0 Å². The van der Waals surface area contributed by atoms with Gasteiger partial charge in [0, 0.05) is 13.1 Å². The van der Waals surface area contributed by atoms with Gasteiger partial charge in [-0.15, -0.1) is 0 Å². The molecule has 1 N–H and O–H groups in total. The van der Waals surface area contributed by atoms with Crippen LogP contribution >= 0.6 is 11.6 Å². The molecule has 0 unspecified atom stereocenters. The number of benzene rings is 2. The normalized spacial score (nSPS) is 14.8. The molecule has 0 spiro atoms. The molecule has 0 bridgehead atoms. The van der Waals surface area contributed by atoms with Crippen molar-refractivity contribution < 1.29 is 35.9 Å². The molecule has 1 heterocycles. The summed E-state index contributed by atoms with van der Waals surface area (Å²) in [6, 6.07) is 9.31. The SMILES string of the molecule is COC(=O)c1ccc(Cl)c(NC(=O)CN(c2ccc(S(=O)(=O)N3CCOCC3)cc2)S(C)(=O)=O)c1. The summed E-state index contributed by atoms with van der Waals surface area (Å²) in [6.07, 6.45) is 0.920. The van der Waals surface area contributed by atoms with Gasteiger partial charge in [-0.2, -0.15) is 4.31 Å². The van der Waals surface area contributed by atoms with Crippen molar-refractivity contribution in [3.8, 4) is 0 Å². The molecule has 0 saturated carbocycles. The first kappa shape index (κ1) is 26.9. The van der Waals surface area contributed by atoms with E-state index in [0.717, 1.165) is 10.6 Å². The quantitative estimate of drug-likeness (QED) is 0.493. The van der Waals surface area contributed by atoms with E-state index < -0.39 is 38.5 Å². The summed E-state index contributed by atoms with van der Waals surface area (Å²) in [5.41, 5.74) is 0.335. The van der Waals surface area contributed by atoms with Crippen molar-refractivity contribution in [2.45, 2.75) is 4.90 Å². The number of nitrogens with one attached hydrogen (secondary N) is 1. The second kappa shape index (κ2) is 10.9. The van der Waals surface area contributed by atoms with Gasteiger partial charge in [-0.05, 0) is 42.5 Å². The Morgan fingerprint density at radius 1 is 1.09 bits per heavy atom. The van der Waals surface area contributed by atoms with Gasteiger partial charge >= 0.3 is 5.97 Å². The highest BCUT2D eigenvalue weighted by Gasteiger charge is 2.27. The van der Waals surface area contributed by atoms with Crippen molar-refractivity contribution in [1.29, 1.82) is 0 Å². The maximum Gasteiger partial charge on any atom is 0.337 e. The predicted molar refractivity (Wildman–Crippen MR) is 130 cm³/mol. The van der Waals surface area contributed by atoms with Crippen molar-refractivity contribution in [2.75, 3.05) is 55.8 Å². The zero-order valence-corrected chi connectivity index (χ0v) is 21.3. The van der Waals surface area contributed by atoms with E-state index in [1.54, 1.807) is 0 Å². The smallest absolute Gasteiger partial charge is 0.337 e. The molecule has 1 fully saturated rings. The molecule has 0 atom stereocenters. The van der Waals surface area contributed by atoms with Gasteiger partial charge < -0.3 is 14.8 Å². The third kappa shape index (κ3) is 6.49. The first-order valence-corrected chi connectivity index (χ1v) is 13.9. The molecule has 1 aliphatic heterocycles. The number of ether oxygens (including phenoxy) is 2. The number of halogens is 1. The van der Waals surface area contributed by atoms with Crippen LogP contribution in [0.2, 0.25) is 5.02 Å². The molecule has 0 radical (unpaired) electrons.